The summed E-state index contributed by atoms with van der Waals surface area (Å²) in [7, 11) is 0. The Morgan fingerprint density at radius 1 is 0.905 bits per heavy atom. The first-order chi connectivity index (χ1) is 20.4. The maximum atomic E-state index is 14.2. The van der Waals surface area contributed by atoms with Gasteiger partial charge in [-0.25, -0.2) is 0 Å². The minimum Gasteiger partial charge on any atom is -0.464 e. The highest BCUT2D eigenvalue weighted by Gasteiger charge is 2.37. The van der Waals surface area contributed by atoms with Gasteiger partial charge in [0, 0.05) is 11.7 Å². The first-order valence-electron chi connectivity index (χ1n) is 15.1. The van der Waals surface area contributed by atoms with Crippen molar-refractivity contribution in [2.75, 3.05) is 4.90 Å². The molecule has 0 radical (unpaired) electrons. The second-order valence-corrected chi connectivity index (χ2v) is 11.6. The maximum Gasteiger partial charge on any atom is 0.251 e. The smallest absolute Gasteiger partial charge is 0.251 e. The van der Waals surface area contributed by atoms with E-state index < -0.39 is 6.04 Å². The van der Waals surface area contributed by atoms with Gasteiger partial charge in [0.2, 0.25) is 5.82 Å². The first-order valence-corrected chi connectivity index (χ1v) is 15.1. The van der Waals surface area contributed by atoms with Gasteiger partial charge >= 0.3 is 0 Å². The average molecular weight is 571 g/mol. The summed E-state index contributed by atoms with van der Waals surface area (Å²) in [5.74, 6) is 2.46. The Balaban J connectivity index is 1.34. The summed E-state index contributed by atoms with van der Waals surface area (Å²) in [6.45, 7) is 3.45. The molecule has 0 aliphatic heterocycles. The minimum absolute atomic E-state index is 0.0815. The molecule has 1 atom stereocenters. The number of carbonyl (C=O) groups excluding carboxylic acids is 2. The van der Waals surface area contributed by atoms with Gasteiger partial charge in [-0.3, -0.25) is 14.5 Å². The molecular formula is C32H38N6O4. The first kappa shape index (κ1) is 27.9. The molecule has 10 heteroatoms. The van der Waals surface area contributed by atoms with Gasteiger partial charge in [0.15, 0.2) is 11.8 Å². The lowest BCUT2D eigenvalue weighted by molar-refractivity contribution is -0.128. The Kier molecular flexibility index (Phi) is 8.21. The van der Waals surface area contributed by atoms with E-state index in [1.165, 1.54) is 47.4 Å². The van der Waals surface area contributed by atoms with Gasteiger partial charge < -0.3 is 14.2 Å². The number of amides is 2. The van der Waals surface area contributed by atoms with Gasteiger partial charge in [-0.15, -0.1) is 10.2 Å². The molecule has 0 bridgehead atoms. The van der Waals surface area contributed by atoms with E-state index in [4.69, 9.17) is 8.83 Å². The van der Waals surface area contributed by atoms with E-state index in [2.05, 4.69) is 32.9 Å². The number of rotatable bonds is 9. The van der Waals surface area contributed by atoms with Crippen LogP contribution in [0.3, 0.4) is 0 Å². The predicted molar refractivity (Wildman–Crippen MR) is 157 cm³/mol. The van der Waals surface area contributed by atoms with Crippen molar-refractivity contribution < 1.29 is 18.4 Å². The molecule has 0 spiro atoms. The van der Waals surface area contributed by atoms with E-state index in [-0.39, 0.29) is 30.2 Å². The van der Waals surface area contributed by atoms with Crippen molar-refractivity contribution in [3.8, 4) is 11.6 Å². The van der Waals surface area contributed by atoms with E-state index >= 15 is 0 Å². The molecule has 4 aromatic rings. The van der Waals surface area contributed by atoms with Crippen molar-refractivity contribution >= 4 is 17.5 Å². The van der Waals surface area contributed by atoms with Gasteiger partial charge in [-0.2, -0.15) is 4.80 Å². The quantitative estimate of drug-likeness (QED) is 0.261. The summed E-state index contributed by atoms with van der Waals surface area (Å²) in [6, 6.07) is 14.3. The molecule has 2 aliphatic rings. The van der Waals surface area contributed by atoms with Gasteiger partial charge in [-0.1, -0.05) is 44.2 Å². The van der Waals surface area contributed by atoms with Crippen LogP contribution in [0.2, 0.25) is 0 Å². The van der Waals surface area contributed by atoms with Crippen LogP contribution in [0.4, 0.5) is 5.69 Å². The number of aromatic nitrogens is 4. The molecule has 1 N–H and O–H groups in total. The third-order valence-electron chi connectivity index (χ3n) is 8.45. The van der Waals surface area contributed by atoms with Gasteiger partial charge in [0.1, 0.15) is 23.8 Å². The SMILES string of the molecule is Cc1ccc(-c2nnn(CC(=O)N(c3ccc(C4CCCCC4)cc3)C(C(=O)NC3CCCC3)c3ccc(C)o3)n2)o1. The molecular weight excluding hydrogens is 532 g/mol. The van der Waals surface area contributed by atoms with Crippen LogP contribution in [0.1, 0.15) is 92.6 Å². The Hall–Kier alpha value is -4.21. The Morgan fingerprint density at radius 2 is 1.60 bits per heavy atom. The van der Waals surface area contributed by atoms with Crippen molar-refractivity contribution in [1.82, 2.24) is 25.5 Å². The molecule has 10 nitrogen and oxygen atoms in total. The standard InChI is InChI=1S/C32H38N6O4/c1-21-12-18-27(41-21)30(32(40)33-25-10-6-7-11-25)38(26-16-14-24(15-17-26)23-8-4-3-5-9-23)29(39)20-37-35-31(34-36-37)28-19-13-22(2)42-28/h12-19,23,25,30H,3-11,20H2,1-2H3,(H,33,40). The summed E-state index contributed by atoms with van der Waals surface area (Å²) in [5.41, 5.74) is 1.88. The number of aryl methyl sites for hydroxylation is 2. The number of furan rings is 2. The zero-order valence-electron chi connectivity index (χ0n) is 24.3. The Bertz CT molecular complexity index is 1510. The molecule has 2 fully saturated rings. The molecule has 1 aromatic carbocycles. The van der Waals surface area contributed by atoms with E-state index in [1.54, 1.807) is 12.1 Å². The lowest BCUT2D eigenvalue weighted by Crippen LogP contribution is -2.47. The molecule has 2 saturated carbocycles. The molecule has 42 heavy (non-hydrogen) atoms. The van der Waals surface area contributed by atoms with Crippen molar-refractivity contribution in [2.45, 2.75) is 96.2 Å². The van der Waals surface area contributed by atoms with Crippen LogP contribution < -0.4 is 10.2 Å². The van der Waals surface area contributed by atoms with E-state index in [9.17, 15) is 9.59 Å². The van der Waals surface area contributed by atoms with Crippen molar-refractivity contribution in [3.05, 3.63) is 71.4 Å². The second kappa shape index (κ2) is 12.3. The Labute approximate surface area is 245 Å². The van der Waals surface area contributed by atoms with E-state index in [0.717, 1.165) is 31.4 Å². The fourth-order valence-corrected chi connectivity index (χ4v) is 6.27. The normalized spacial score (nSPS) is 16.9. The summed E-state index contributed by atoms with van der Waals surface area (Å²) in [5, 5.41) is 15.7. The predicted octanol–water partition coefficient (Wildman–Crippen LogP) is 6.02. The van der Waals surface area contributed by atoms with E-state index in [1.807, 2.05) is 38.1 Å². The number of nitrogens with zero attached hydrogens (tertiary/aromatic N) is 5. The summed E-state index contributed by atoms with van der Waals surface area (Å²) < 4.78 is 11.6. The summed E-state index contributed by atoms with van der Waals surface area (Å²) >= 11 is 0. The lowest BCUT2D eigenvalue weighted by atomic mass is 9.84. The zero-order valence-corrected chi connectivity index (χ0v) is 24.3. The molecule has 6 rings (SSSR count). The molecule has 220 valence electrons. The highest BCUT2D eigenvalue weighted by molar-refractivity contribution is 6.01. The van der Waals surface area contributed by atoms with Gasteiger partial charge in [0.05, 0.1) is 0 Å². The Morgan fingerprint density at radius 3 is 2.26 bits per heavy atom. The summed E-state index contributed by atoms with van der Waals surface area (Å²) in [4.78, 5) is 30.9. The van der Waals surface area contributed by atoms with E-state index in [0.29, 0.717) is 28.9 Å². The minimum atomic E-state index is -0.997. The van der Waals surface area contributed by atoms with Crippen LogP contribution in [-0.2, 0) is 16.1 Å². The number of carbonyl (C=O) groups is 2. The highest BCUT2D eigenvalue weighted by atomic mass is 16.3. The molecule has 2 aliphatic carbocycles. The summed E-state index contributed by atoms with van der Waals surface area (Å²) in [6.07, 6.45) is 10.1. The van der Waals surface area contributed by atoms with Gasteiger partial charge in [-0.05, 0) is 92.6 Å². The molecule has 1 unspecified atom stereocenters. The van der Waals surface area contributed by atoms with Crippen LogP contribution >= 0.6 is 0 Å². The van der Waals surface area contributed by atoms with Crippen LogP contribution in [0.15, 0.2) is 57.4 Å². The number of anilines is 1. The number of benzene rings is 1. The topological polar surface area (TPSA) is 119 Å². The average Bonchev–Trinajstić information content (AvgIpc) is 3.82. The number of hydrogen-bond acceptors (Lipinski definition) is 7. The number of tetrazole rings is 1. The third-order valence-corrected chi connectivity index (χ3v) is 8.45. The second-order valence-electron chi connectivity index (χ2n) is 11.6. The van der Waals surface area contributed by atoms with Crippen LogP contribution in [-0.4, -0.2) is 38.1 Å². The van der Waals surface area contributed by atoms with Crippen LogP contribution in [0, 0.1) is 13.8 Å². The third kappa shape index (κ3) is 6.17. The number of hydrogen-bond donors (Lipinski definition) is 1. The number of nitrogens with one attached hydrogen (secondary N) is 1. The zero-order chi connectivity index (χ0) is 29.1. The van der Waals surface area contributed by atoms with Crippen molar-refractivity contribution in [3.63, 3.8) is 0 Å². The van der Waals surface area contributed by atoms with Crippen molar-refractivity contribution in [2.24, 2.45) is 0 Å². The van der Waals surface area contributed by atoms with Gasteiger partial charge in [0.25, 0.3) is 11.8 Å². The van der Waals surface area contributed by atoms with Crippen molar-refractivity contribution in [1.29, 1.82) is 0 Å². The maximum absolute atomic E-state index is 14.2. The largest absolute Gasteiger partial charge is 0.464 e. The monoisotopic (exact) mass is 570 g/mol. The molecule has 3 heterocycles. The van der Waals surface area contributed by atoms with Crippen LogP contribution in [0.25, 0.3) is 11.6 Å². The lowest BCUT2D eigenvalue weighted by Gasteiger charge is -2.31. The molecule has 2 amide bonds. The van der Waals surface area contributed by atoms with Crippen LogP contribution in [0.5, 0.6) is 0 Å². The molecule has 3 aromatic heterocycles. The highest BCUT2D eigenvalue weighted by Crippen LogP contribution is 2.35. The molecule has 0 saturated heterocycles. The fourth-order valence-electron chi connectivity index (χ4n) is 6.27. The fraction of sp³-hybridized carbons (Fsp3) is 0.469.